The first-order valence-electron chi connectivity index (χ1n) is 13.2. The summed E-state index contributed by atoms with van der Waals surface area (Å²) in [6, 6.07) is 10.8. The molecule has 4 atom stereocenters. The lowest BCUT2D eigenvalue weighted by Crippen LogP contribution is -2.53. The summed E-state index contributed by atoms with van der Waals surface area (Å²) in [6.07, 6.45) is 3.74. The molecule has 2 amide bonds. The third-order valence-corrected chi connectivity index (χ3v) is 8.32. The van der Waals surface area contributed by atoms with Gasteiger partial charge in [-0.05, 0) is 54.2 Å². The Hall–Kier alpha value is -3.41. The van der Waals surface area contributed by atoms with Gasteiger partial charge in [0.15, 0.2) is 0 Å². The van der Waals surface area contributed by atoms with Gasteiger partial charge in [-0.3, -0.25) is 0 Å². The normalized spacial score (nSPS) is 24.3. The molecule has 0 spiro atoms. The van der Waals surface area contributed by atoms with Crippen molar-refractivity contribution < 1.29 is 23.5 Å². The number of hydrogen-bond donors (Lipinski definition) is 2. The van der Waals surface area contributed by atoms with E-state index in [-0.39, 0.29) is 46.1 Å². The zero-order chi connectivity index (χ0) is 30.1. The van der Waals surface area contributed by atoms with E-state index in [0.717, 1.165) is 6.07 Å². The van der Waals surface area contributed by atoms with Crippen molar-refractivity contribution in [1.82, 2.24) is 10.2 Å². The van der Waals surface area contributed by atoms with Crippen LogP contribution in [0.2, 0.25) is 5.02 Å². The van der Waals surface area contributed by atoms with Crippen LogP contribution in [0.5, 0.6) is 0 Å². The SMILES string of the molecule is CC(C)(C)CC1CN(C(=O)NCc2ccc(C(=O)O)cc2)[C@@H](C2CC=CC(Cl)=C2F)[C@]1(C#N)c1ccc(Cl)cc1F. The van der Waals surface area contributed by atoms with Crippen molar-refractivity contribution in [3.8, 4) is 6.07 Å². The van der Waals surface area contributed by atoms with Gasteiger partial charge in [0, 0.05) is 35.5 Å². The number of carbonyl (C=O) groups is 2. The molecule has 2 aromatic rings. The molecule has 0 aromatic heterocycles. The standard InChI is InChI=1S/C31H31Cl2F2N3O3/c1-30(2,3)14-20-16-38(29(41)37-15-18-7-9-19(10-8-18)28(39)40)27(22-5-4-6-24(33)26(22)35)31(20,17-36)23-12-11-21(32)13-25(23)34/h4,6-13,20,22,27H,5,14-16H2,1-3H3,(H,37,41)(H,39,40)/t20?,22?,27-,31-/m0/s1. The van der Waals surface area contributed by atoms with E-state index in [0.29, 0.717) is 12.0 Å². The van der Waals surface area contributed by atoms with Crippen LogP contribution >= 0.6 is 23.2 Å². The van der Waals surface area contributed by atoms with Crippen LogP contribution in [0.1, 0.15) is 55.1 Å². The maximum absolute atomic E-state index is 15.8. The lowest BCUT2D eigenvalue weighted by molar-refractivity contribution is 0.0696. The topological polar surface area (TPSA) is 93.4 Å². The van der Waals surface area contributed by atoms with Crippen molar-refractivity contribution >= 4 is 35.2 Å². The Balaban J connectivity index is 1.81. The largest absolute Gasteiger partial charge is 0.478 e. The van der Waals surface area contributed by atoms with Crippen LogP contribution in [0.4, 0.5) is 13.6 Å². The molecule has 1 aliphatic carbocycles. The summed E-state index contributed by atoms with van der Waals surface area (Å²) < 4.78 is 31.5. The van der Waals surface area contributed by atoms with Gasteiger partial charge in [0.2, 0.25) is 0 Å². The fraction of sp³-hybridized carbons (Fsp3) is 0.387. The van der Waals surface area contributed by atoms with Gasteiger partial charge in [-0.25, -0.2) is 18.4 Å². The number of nitrogens with one attached hydrogen (secondary N) is 1. The van der Waals surface area contributed by atoms with Crippen molar-refractivity contribution in [2.24, 2.45) is 17.3 Å². The molecule has 1 heterocycles. The minimum atomic E-state index is -1.62. The Bertz CT molecular complexity index is 1450. The van der Waals surface area contributed by atoms with Gasteiger partial charge in [-0.1, -0.05) is 68.2 Å². The maximum atomic E-state index is 15.8. The molecule has 2 aromatic carbocycles. The molecule has 41 heavy (non-hydrogen) atoms. The second-order valence-corrected chi connectivity index (χ2v) is 12.6. The molecule has 0 saturated carbocycles. The Morgan fingerprint density at radius 1 is 1.17 bits per heavy atom. The second-order valence-electron chi connectivity index (χ2n) is 11.8. The third-order valence-electron chi connectivity index (χ3n) is 7.78. The summed E-state index contributed by atoms with van der Waals surface area (Å²) in [5.41, 5.74) is -1.11. The van der Waals surface area contributed by atoms with Crippen LogP contribution in [0.25, 0.3) is 0 Å². The highest BCUT2D eigenvalue weighted by molar-refractivity contribution is 6.31. The zero-order valence-electron chi connectivity index (χ0n) is 22.9. The summed E-state index contributed by atoms with van der Waals surface area (Å²) in [4.78, 5) is 26.4. The lowest BCUT2D eigenvalue weighted by atomic mass is 9.62. The smallest absolute Gasteiger partial charge is 0.335 e. The summed E-state index contributed by atoms with van der Waals surface area (Å²) in [5.74, 6) is -3.97. The number of halogens is 4. The van der Waals surface area contributed by atoms with Gasteiger partial charge in [0.1, 0.15) is 17.1 Å². The van der Waals surface area contributed by atoms with Gasteiger partial charge >= 0.3 is 12.0 Å². The van der Waals surface area contributed by atoms with E-state index >= 15 is 8.78 Å². The van der Waals surface area contributed by atoms with Crippen LogP contribution in [-0.4, -0.2) is 34.6 Å². The van der Waals surface area contributed by atoms with E-state index in [1.807, 2.05) is 20.8 Å². The first kappa shape index (κ1) is 30.5. The summed E-state index contributed by atoms with van der Waals surface area (Å²) >= 11 is 12.3. The molecule has 0 bridgehead atoms. The monoisotopic (exact) mass is 601 g/mol. The quantitative estimate of drug-likeness (QED) is 0.357. The molecule has 4 rings (SSSR count). The van der Waals surface area contributed by atoms with Gasteiger partial charge in [-0.2, -0.15) is 5.26 Å². The number of urea groups is 1. The van der Waals surface area contributed by atoms with Gasteiger partial charge in [-0.15, -0.1) is 0 Å². The molecule has 6 nitrogen and oxygen atoms in total. The van der Waals surface area contributed by atoms with Crippen molar-refractivity contribution in [2.45, 2.75) is 51.6 Å². The molecule has 1 fully saturated rings. The number of rotatable bonds is 6. The minimum absolute atomic E-state index is 0.0571. The van der Waals surface area contributed by atoms with Crippen molar-refractivity contribution in [3.05, 3.63) is 93.0 Å². The first-order valence-corrected chi connectivity index (χ1v) is 14.0. The Kier molecular flexibility index (Phi) is 8.81. The Morgan fingerprint density at radius 3 is 2.44 bits per heavy atom. The van der Waals surface area contributed by atoms with Crippen LogP contribution in [-0.2, 0) is 12.0 Å². The summed E-state index contributed by atoms with van der Waals surface area (Å²) in [6.45, 7) is 6.11. The maximum Gasteiger partial charge on any atom is 0.335 e. The highest BCUT2D eigenvalue weighted by Crippen LogP contribution is 2.54. The summed E-state index contributed by atoms with van der Waals surface area (Å²) in [7, 11) is 0. The number of aromatic carboxylic acids is 1. The number of allylic oxidation sites excluding steroid dienone is 3. The van der Waals surface area contributed by atoms with Crippen molar-refractivity contribution in [3.63, 3.8) is 0 Å². The van der Waals surface area contributed by atoms with Crippen molar-refractivity contribution in [2.75, 3.05) is 6.54 Å². The highest BCUT2D eigenvalue weighted by atomic mass is 35.5. The summed E-state index contributed by atoms with van der Waals surface area (Å²) in [5, 5.41) is 22.9. The van der Waals surface area contributed by atoms with E-state index < -0.39 is 46.9 Å². The number of carboxylic acids is 1. The van der Waals surface area contributed by atoms with E-state index in [2.05, 4.69) is 11.4 Å². The molecular weight excluding hydrogens is 571 g/mol. The number of amides is 2. The highest BCUT2D eigenvalue weighted by Gasteiger charge is 2.61. The fourth-order valence-electron chi connectivity index (χ4n) is 6.10. The number of carboxylic acid groups (broad SMARTS) is 1. The van der Waals surface area contributed by atoms with Crippen molar-refractivity contribution in [1.29, 1.82) is 5.26 Å². The van der Waals surface area contributed by atoms with Crippen LogP contribution in [0.15, 0.2) is 65.5 Å². The minimum Gasteiger partial charge on any atom is -0.478 e. The van der Waals surface area contributed by atoms with E-state index in [9.17, 15) is 14.9 Å². The number of likely N-dealkylation sites (tertiary alicyclic amines) is 1. The van der Waals surface area contributed by atoms with Crippen LogP contribution < -0.4 is 5.32 Å². The fourth-order valence-corrected chi connectivity index (χ4v) is 6.49. The van der Waals surface area contributed by atoms with Gasteiger partial charge in [0.05, 0.1) is 22.7 Å². The number of benzene rings is 2. The van der Waals surface area contributed by atoms with Gasteiger partial charge < -0.3 is 15.3 Å². The molecule has 1 aliphatic heterocycles. The predicted molar refractivity (Wildman–Crippen MR) is 154 cm³/mol. The molecule has 2 N–H and O–H groups in total. The first-order chi connectivity index (χ1) is 19.3. The predicted octanol–water partition coefficient (Wildman–Crippen LogP) is 7.58. The van der Waals surface area contributed by atoms with Crippen LogP contribution in [0, 0.1) is 34.4 Å². The Labute approximate surface area is 248 Å². The molecule has 216 valence electrons. The molecule has 2 unspecified atom stereocenters. The Morgan fingerprint density at radius 2 is 1.85 bits per heavy atom. The lowest BCUT2D eigenvalue weighted by Gasteiger charge is -2.41. The second kappa shape index (κ2) is 11.8. The van der Waals surface area contributed by atoms with E-state index in [1.54, 1.807) is 18.2 Å². The van der Waals surface area contributed by atoms with Crippen LogP contribution in [0.3, 0.4) is 0 Å². The number of nitrogens with zero attached hydrogens (tertiary/aromatic N) is 2. The van der Waals surface area contributed by atoms with E-state index in [4.69, 9.17) is 28.3 Å². The number of hydrogen-bond acceptors (Lipinski definition) is 3. The van der Waals surface area contributed by atoms with Gasteiger partial charge in [0.25, 0.3) is 0 Å². The third kappa shape index (κ3) is 6.12. The molecule has 10 heteroatoms. The number of carbonyl (C=O) groups excluding carboxylic acids is 1. The molecular formula is C31H31Cl2F2N3O3. The zero-order valence-corrected chi connectivity index (χ0v) is 24.4. The molecule has 0 radical (unpaired) electrons. The molecule has 2 aliphatic rings. The average Bonchev–Trinajstić information content (AvgIpc) is 3.22. The van der Waals surface area contributed by atoms with E-state index in [1.165, 1.54) is 35.2 Å². The molecule has 1 saturated heterocycles. The average molecular weight is 603 g/mol. The number of nitriles is 1.